The van der Waals surface area contributed by atoms with Crippen LogP contribution in [-0.2, 0) is 12.6 Å². The van der Waals surface area contributed by atoms with Crippen LogP contribution in [0.15, 0.2) is 29.1 Å². The third-order valence-corrected chi connectivity index (χ3v) is 9.01. The molecule has 10 heteroatoms. The smallest absolute Gasteiger partial charge is 0.272 e. The van der Waals surface area contributed by atoms with Gasteiger partial charge in [-0.2, -0.15) is 10.1 Å². The first-order chi connectivity index (χ1) is 18.0. The van der Waals surface area contributed by atoms with Gasteiger partial charge in [0, 0.05) is 62.0 Å². The number of rotatable bonds is 6. The van der Waals surface area contributed by atoms with Gasteiger partial charge in [0.1, 0.15) is 29.0 Å². The van der Waals surface area contributed by atoms with Crippen molar-refractivity contribution in [3.05, 3.63) is 40.3 Å². The van der Waals surface area contributed by atoms with Crippen LogP contribution >= 0.6 is 11.3 Å². The molecule has 1 aliphatic carbocycles. The van der Waals surface area contributed by atoms with Crippen molar-refractivity contribution in [3.8, 4) is 17.3 Å². The third kappa shape index (κ3) is 4.80. The molecule has 1 saturated carbocycles. The van der Waals surface area contributed by atoms with E-state index in [-0.39, 0.29) is 12.0 Å². The summed E-state index contributed by atoms with van der Waals surface area (Å²) in [5.74, 6) is 2.23. The highest BCUT2D eigenvalue weighted by Crippen LogP contribution is 2.48. The van der Waals surface area contributed by atoms with Gasteiger partial charge in [-0.3, -0.25) is 9.48 Å². The van der Waals surface area contributed by atoms with Crippen LogP contribution in [0.2, 0.25) is 0 Å². The van der Waals surface area contributed by atoms with Crippen molar-refractivity contribution in [1.82, 2.24) is 24.6 Å². The van der Waals surface area contributed by atoms with E-state index in [0.717, 1.165) is 48.7 Å². The van der Waals surface area contributed by atoms with Crippen molar-refractivity contribution in [2.75, 3.05) is 31.1 Å². The number of nitrogens with zero attached hydrogens (tertiary/aromatic N) is 6. The number of pyridine rings is 1. The molecule has 3 aliphatic rings. The first-order valence-electron chi connectivity index (χ1n) is 13.4. The van der Waals surface area contributed by atoms with Crippen molar-refractivity contribution in [1.29, 1.82) is 0 Å². The molecule has 0 bridgehead atoms. The van der Waals surface area contributed by atoms with Crippen molar-refractivity contribution >= 4 is 23.1 Å². The van der Waals surface area contributed by atoms with Crippen molar-refractivity contribution < 1.29 is 9.53 Å². The summed E-state index contributed by atoms with van der Waals surface area (Å²) in [6.45, 7) is 12.0. The number of thiazole rings is 1. The molecular weight excluding hydrogens is 498 g/mol. The third-order valence-electron chi connectivity index (χ3n) is 8.43. The molecule has 1 unspecified atom stereocenters. The number of likely N-dealkylation sites (tertiary alicyclic amines) is 1. The molecule has 3 aromatic rings. The number of hydrogen-bond acceptors (Lipinski definition) is 8. The molecule has 3 atom stereocenters. The average molecular weight is 536 g/mol. The Kier molecular flexibility index (Phi) is 6.03. The fraction of sp³-hybridized carbons (Fsp3) is 0.571. The Balaban J connectivity index is 1.13. The molecule has 1 amide bonds. The van der Waals surface area contributed by atoms with E-state index < -0.39 is 5.54 Å². The summed E-state index contributed by atoms with van der Waals surface area (Å²) in [7, 11) is 1.81. The zero-order chi connectivity index (χ0) is 26.8. The first kappa shape index (κ1) is 25.3. The fourth-order valence-corrected chi connectivity index (χ4v) is 6.22. The molecule has 6 rings (SSSR count). The van der Waals surface area contributed by atoms with Crippen LogP contribution in [0.25, 0.3) is 11.4 Å². The number of fused-ring (bicyclic) bond motifs is 1. The molecule has 3 fully saturated rings. The maximum Gasteiger partial charge on any atom is 0.272 e. The standard InChI is InChI=1S/C28H37N7O2S/c1-27(2)6-8-34(9-7-27)23-10-17(28(3,4)29)11-24(31-23)37-25-18-13-35(14-19(18)25)26(36)22-12-20(32-33(22)5)21-15-38-16-30-21/h10-12,15-16,18-19,25H,6-9,13-14,29H2,1-5H3/t18-,19+,25?. The largest absolute Gasteiger partial charge is 0.474 e. The normalized spacial score (nSPS) is 24.4. The van der Waals surface area contributed by atoms with E-state index in [1.54, 1.807) is 10.2 Å². The van der Waals surface area contributed by atoms with Crippen molar-refractivity contribution in [2.24, 2.45) is 30.0 Å². The summed E-state index contributed by atoms with van der Waals surface area (Å²) in [6, 6.07) is 5.94. The summed E-state index contributed by atoms with van der Waals surface area (Å²) in [5.41, 5.74) is 11.3. The summed E-state index contributed by atoms with van der Waals surface area (Å²) >= 11 is 1.52. The van der Waals surface area contributed by atoms with Crippen LogP contribution < -0.4 is 15.4 Å². The van der Waals surface area contributed by atoms with Crippen molar-refractivity contribution in [3.63, 3.8) is 0 Å². The van der Waals surface area contributed by atoms with E-state index in [0.29, 0.717) is 41.9 Å². The highest BCUT2D eigenvalue weighted by atomic mass is 32.1. The van der Waals surface area contributed by atoms with E-state index in [9.17, 15) is 4.79 Å². The maximum absolute atomic E-state index is 13.3. The lowest BCUT2D eigenvalue weighted by Gasteiger charge is -2.38. The monoisotopic (exact) mass is 535 g/mol. The van der Waals surface area contributed by atoms with Gasteiger partial charge >= 0.3 is 0 Å². The zero-order valence-corrected chi connectivity index (χ0v) is 23.7. The zero-order valence-electron chi connectivity index (χ0n) is 22.8. The number of amides is 1. The lowest BCUT2D eigenvalue weighted by molar-refractivity contribution is 0.0740. The van der Waals surface area contributed by atoms with Crippen LogP contribution in [0.3, 0.4) is 0 Å². The number of carbonyl (C=O) groups is 1. The van der Waals surface area contributed by atoms with Gasteiger partial charge in [-0.15, -0.1) is 11.3 Å². The summed E-state index contributed by atoms with van der Waals surface area (Å²) < 4.78 is 8.11. The highest BCUT2D eigenvalue weighted by Gasteiger charge is 2.59. The predicted molar refractivity (Wildman–Crippen MR) is 148 cm³/mol. The second-order valence-corrected chi connectivity index (χ2v) is 13.2. The number of nitrogens with two attached hydrogens (primary N) is 1. The molecule has 2 N–H and O–H groups in total. The first-order valence-corrected chi connectivity index (χ1v) is 14.4. The van der Waals surface area contributed by atoms with Crippen LogP contribution in [0, 0.1) is 17.3 Å². The van der Waals surface area contributed by atoms with E-state index in [2.05, 4.69) is 34.9 Å². The minimum atomic E-state index is -0.492. The molecular formula is C28H37N7O2S. The number of aromatic nitrogens is 4. The van der Waals surface area contributed by atoms with E-state index in [4.69, 9.17) is 15.5 Å². The molecule has 0 spiro atoms. The van der Waals surface area contributed by atoms with Crippen molar-refractivity contribution in [2.45, 2.75) is 52.2 Å². The van der Waals surface area contributed by atoms with Gasteiger partial charge in [0.15, 0.2) is 0 Å². The van der Waals surface area contributed by atoms with Gasteiger partial charge in [0.25, 0.3) is 5.91 Å². The highest BCUT2D eigenvalue weighted by molar-refractivity contribution is 7.07. The minimum absolute atomic E-state index is 0.00717. The Morgan fingerprint density at radius 1 is 1.13 bits per heavy atom. The number of aryl methyl sites for hydroxylation is 1. The Morgan fingerprint density at radius 2 is 1.84 bits per heavy atom. The Bertz CT molecular complexity index is 1320. The molecule has 0 aromatic carbocycles. The number of carbonyl (C=O) groups excluding carboxylic acids is 1. The molecule has 0 radical (unpaired) electrons. The number of piperidine rings is 2. The molecule has 9 nitrogen and oxygen atoms in total. The van der Waals surface area contributed by atoms with Gasteiger partial charge in [0.05, 0.1) is 5.51 Å². The quantitative estimate of drug-likeness (QED) is 0.511. The topological polar surface area (TPSA) is 102 Å². The summed E-state index contributed by atoms with van der Waals surface area (Å²) in [6.07, 6.45) is 2.35. The molecule has 3 aromatic heterocycles. The lowest BCUT2D eigenvalue weighted by atomic mass is 9.82. The Hall–Kier alpha value is -2.98. The second kappa shape index (κ2) is 9.05. The fourth-order valence-electron chi connectivity index (χ4n) is 5.67. The van der Waals surface area contributed by atoms with Gasteiger partial charge in [-0.05, 0) is 49.8 Å². The second-order valence-electron chi connectivity index (χ2n) is 12.5. The van der Waals surface area contributed by atoms with Crippen LogP contribution in [0.4, 0.5) is 5.82 Å². The number of hydrogen-bond donors (Lipinski definition) is 1. The SMILES string of the molecule is Cn1nc(-c2cscn2)cc1C(=O)N1C[C@@H]2C(Oc3cc(C(C)(C)N)cc(N4CCC(C)(C)CC4)n3)[C@@H]2C1. The van der Waals surface area contributed by atoms with Crippen LogP contribution in [-0.4, -0.2) is 62.8 Å². The van der Waals surface area contributed by atoms with E-state index in [1.807, 2.05) is 43.3 Å². The maximum atomic E-state index is 13.3. The summed E-state index contributed by atoms with van der Waals surface area (Å²) in [4.78, 5) is 26.8. The Labute approximate surface area is 228 Å². The predicted octanol–water partition coefficient (Wildman–Crippen LogP) is 3.91. The van der Waals surface area contributed by atoms with Gasteiger partial charge < -0.3 is 20.3 Å². The van der Waals surface area contributed by atoms with Gasteiger partial charge in [-0.1, -0.05) is 13.8 Å². The molecule has 202 valence electrons. The molecule has 5 heterocycles. The number of anilines is 1. The summed E-state index contributed by atoms with van der Waals surface area (Å²) in [5, 5.41) is 6.44. The van der Waals surface area contributed by atoms with Gasteiger partial charge in [-0.25, -0.2) is 4.98 Å². The molecule has 2 aliphatic heterocycles. The van der Waals surface area contributed by atoms with Crippen LogP contribution in [0.5, 0.6) is 5.88 Å². The number of ether oxygens (including phenoxy) is 1. The minimum Gasteiger partial charge on any atom is -0.474 e. The van der Waals surface area contributed by atoms with Crippen LogP contribution in [0.1, 0.15) is 56.6 Å². The Morgan fingerprint density at radius 3 is 2.47 bits per heavy atom. The molecule has 38 heavy (non-hydrogen) atoms. The van der Waals surface area contributed by atoms with E-state index in [1.165, 1.54) is 11.3 Å². The van der Waals surface area contributed by atoms with Gasteiger partial charge in [0.2, 0.25) is 5.88 Å². The molecule has 2 saturated heterocycles. The lowest BCUT2D eigenvalue weighted by Crippen LogP contribution is -2.38. The average Bonchev–Trinajstić information content (AvgIpc) is 3.36. The van der Waals surface area contributed by atoms with E-state index >= 15 is 0 Å².